The zero-order chi connectivity index (χ0) is 14.6. The molecule has 0 radical (unpaired) electrons. The zero-order valence-electron chi connectivity index (χ0n) is 10.9. The van der Waals surface area contributed by atoms with Crippen LogP contribution in [-0.4, -0.2) is 14.5 Å². The van der Waals surface area contributed by atoms with Gasteiger partial charge in [0.1, 0.15) is 5.82 Å². The molecule has 0 amide bonds. The molecular formula is C13H17FN2O2S. The highest BCUT2D eigenvalue weighted by Gasteiger charge is 2.20. The van der Waals surface area contributed by atoms with Gasteiger partial charge in [0, 0.05) is 11.3 Å². The summed E-state index contributed by atoms with van der Waals surface area (Å²) in [6.45, 7) is 3.37. The van der Waals surface area contributed by atoms with Crippen molar-refractivity contribution >= 4 is 15.7 Å². The van der Waals surface area contributed by atoms with Crippen molar-refractivity contribution in [2.24, 2.45) is 0 Å². The third-order valence-corrected chi connectivity index (χ3v) is 4.20. The van der Waals surface area contributed by atoms with E-state index >= 15 is 0 Å². The number of nitrogens with one attached hydrogen (secondary N) is 1. The lowest BCUT2D eigenvalue weighted by atomic mass is 10.2. The average Bonchev–Trinajstić information content (AvgIpc) is 2.34. The van der Waals surface area contributed by atoms with Crippen molar-refractivity contribution in [1.29, 1.82) is 0 Å². The van der Waals surface area contributed by atoms with Crippen LogP contribution in [0, 0.1) is 25.1 Å². The number of hydrogen-bond donors (Lipinski definition) is 2. The molecule has 0 aromatic heterocycles. The van der Waals surface area contributed by atoms with E-state index in [4.69, 9.17) is 12.2 Å². The van der Waals surface area contributed by atoms with Gasteiger partial charge in [-0.3, -0.25) is 0 Å². The maximum Gasteiger partial charge on any atom is 0.241 e. The fraction of sp³-hybridized carbons (Fsp3) is 0.385. The van der Waals surface area contributed by atoms with Crippen molar-refractivity contribution in [1.82, 2.24) is 4.72 Å². The summed E-state index contributed by atoms with van der Waals surface area (Å²) in [6.07, 6.45) is 6.50. The number of rotatable bonds is 5. The summed E-state index contributed by atoms with van der Waals surface area (Å²) in [5.74, 6) is 1.70. The second kappa shape index (κ2) is 6.04. The zero-order valence-corrected chi connectivity index (χ0v) is 11.7. The summed E-state index contributed by atoms with van der Waals surface area (Å²) in [4.78, 5) is -0.218. The van der Waals surface area contributed by atoms with Gasteiger partial charge in [0.05, 0.1) is 10.9 Å². The normalized spacial score (nSPS) is 12.9. The number of nitrogens with two attached hydrogens (primary N) is 1. The van der Waals surface area contributed by atoms with E-state index in [0.717, 1.165) is 12.5 Å². The number of terminal acetylenes is 1. The lowest BCUT2D eigenvalue weighted by Gasteiger charge is -2.13. The minimum atomic E-state index is -3.87. The number of sulfonamides is 1. The van der Waals surface area contributed by atoms with Gasteiger partial charge in [-0.15, -0.1) is 6.42 Å². The molecule has 0 saturated heterocycles. The van der Waals surface area contributed by atoms with E-state index in [1.165, 1.54) is 13.0 Å². The third-order valence-electron chi connectivity index (χ3n) is 2.74. The standard InChI is InChI=1S/C13H17FN2O2S/c1-4-6-10(5-2)16-19(17,18)11-7-12(14)9(3)13(15)8-11/h2,7-8,10,16H,4,6,15H2,1,3H3. The van der Waals surface area contributed by atoms with Crippen LogP contribution < -0.4 is 10.5 Å². The van der Waals surface area contributed by atoms with E-state index in [1.807, 2.05) is 6.92 Å². The van der Waals surface area contributed by atoms with Crippen LogP contribution in [0.25, 0.3) is 0 Å². The second-order valence-corrected chi connectivity index (χ2v) is 5.96. The Balaban J connectivity index is 3.11. The maximum absolute atomic E-state index is 13.5. The lowest BCUT2D eigenvalue weighted by molar-refractivity contribution is 0.561. The summed E-state index contributed by atoms with van der Waals surface area (Å²) in [5.41, 5.74) is 5.88. The van der Waals surface area contributed by atoms with E-state index in [-0.39, 0.29) is 16.1 Å². The molecule has 1 aromatic rings. The molecule has 1 unspecified atom stereocenters. The highest BCUT2D eigenvalue weighted by Crippen LogP contribution is 2.21. The van der Waals surface area contributed by atoms with Crippen LogP contribution >= 0.6 is 0 Å². The summed E-state index contributed by atoms with van der Waals surface area (Å²) in [5, 5.41) is 0. The van der Waals surface area contributed by atoms with Crippen molar-refractivity contribution in [3.05, 3.63) is 23.5 Å². The van der Waals surface area contributed by atoms with Gasteiger partial charge in [0.2, 0.25) is 10.0 Å². The van der Waals surface area contributed by atoms with E-state index in [2.05, 4.69) is 10.6 Å². The molecule has 0 aliphatic rings. The van der Waals surface area contributed by atoms with E-state index in [9.17, 15) is 12.8 Å². The Kier molecular flexibility index (Phi) is 4.92. The Morgan fingerprint density at radius 1 is 1.53 bits per heavy atom. The van der Waals surface area contributed by atoms with Crippen LogP contribution in [0.2, 0.25) is 0 Å². The molecule has 0 fully saturated rings. The molecule has 3 N–H and O–H groups in total. The van der Waals surface area contributed by atoms with Gasteiger partial charge in [-0.05, 0) is 25.5 Å². The molecule has 19 heavy (non-hydrogen) atoms. The van der Waals surface area contributed by atoms with Crippen molar-refractivity contribution in [2.75, 3.05) is 5.73 Å². The fourth-order valence-electron chi connectivity index (χ4n) is 1.55. The molecule has 104 valence electrons. The predicted molar refractivity (Wildman–Crippen MR) is 73.4 cm³/mol. The Bertz CT molecular complexity index is 583. The van der Waals surface area contributed by atoms with Crippen LogP contribution in [0.3, 0.4) is 0 Å². The summed E-state index contributed by atoms with van der Waals surface area (Å²) in [7, 11) is -3.87. The minimum Gasteiger partial charge on any atom is -0.398 e. The van der Waals surface area contributed by atoms with Crippen LogP contribution in [0.1, 0.15) is 25.3 Å². The SMILES string of the molecule is C#CC(CCC)NS(=O)(=O)c1cc(N)c(C)c(F)c1. The predicted octanol–water partition coefficient (Wildman–Crippen LogP) is 1.80. The van der Waals surface area contributed by atoms with Gasteiger partial charge in [-0.25, -0.2) is 12.8 Å². The Labute approximate surface area is 113 Å². The van der Waals surface area contributed by atoms with Gasteiger partial charge in [0.25, 0.3) is 0 Å². The van der Waals surface area contributed by atoms with Gasteiger partial charge < -0.3 is 5.73 Å². The number of nitrogen functional groups attached to an aromatic ring is 1. The van der Waals surface area contributed by atoms with Gasteiger partial charge in [-0.2, -0.15) is 4.72 Å². The largest absolute Gasteiger partial charge is 0.398 e. The minimum absolute atomic E-state index is 0.0909. The van der Waals surface area contributed by atoms with Crippen molar-refractivity contribution in [2.45, 2.75) is 37.6 Å². The Morgan fingerprint density at radius 2 is 2.16 bits per heavy atom. The van der Waals surface area contributed by atoms with Crippen LogP contribution in [0.4, 0.5) is 10.1 Å². The van der Waals surface area contributed by atoms with Crippen molar-refractivity contribution in [3.63, 3.8) is 0 Å². The maximum atomic E-state index is 13.5. The molecule has 1 atom stereocenters. The average molecular weight is 284 g/mol. The van der Waals surface area contributed by atoms with E-state index < -0.39 is 21.9 Å². The van der Waals surface area contributed by atoms with Gasteiger partial charge >= 0.3 is 0 Å². The molecule has 6 heteroatoms. The van der Waals surface area contributed by atoms with Gasteiger partial charge in [0.15, 0.2) is 0 Å². The first-order chi connectivity index (χ1) is 8.81. The van der Waals surface area contributed by atoms with Crippen LogP contribution in [-0.2, 0) is 10.0 Å². The van der Waals surface area contributed by atoms with E-state index in [0.29, 0.717) is 6.42 Å². The first-order valence-corrected chi connectivity index (χ1v) is 7.34. The molecule has 0 bridgehead atoms. The molecule has 0 heterocycles. The molecule has 0 saturated carbocycles. The number of benzene rings is 1. The van der Waals surface area contributed by atoms with Crippen molar-refractivity contribution in [3.8, 4) is 12.3 Å². The summed E-state index contributed by atoms with van der Waals surface area (Å²) >= 11 is 0. The molecule has 1 aromatic carbocycles. The Hall–Kier alpha value is -1.58. The first-order valence-electron chi connectivity index (χ1n) is 5.86. The molecule has 0 spiro atoms. The smallest absolute Gasteiger partial charge is 0.241 e. The highest BCUT2D eigenvalue weighted by molar-refractivity contribution is 7.89. The first kappa shape index (κ1) is 15.5. The Morgan fingerprint density at radius 3 is 2.63 bits per heavy atom. The van der Waals surface area contributed by atoms with E-state index in [1.54, 1.807) is 0 Å². The number of anilines is 1. The monoisotopic (exact) mass is 284 g/mol. The summed E-state index contributed by atoms with van der Waals surface area (Å²) in [6, 6.07) is 1.55. The quantitative estimate of drug-likeness (QED) is 0.639. The summed E-state index contributed by atoms with van der Waals surface area (Å²) < 4.78 is 40.0. The van der Waals surface area contributed by atoms with Gasteiger partial charge in [-0.1, -0.05) is 19.3 Å². The second-order valence-electron chi connectivity index (χ2n) is 4.25. The lowest BCUT2D eigenvalue weighted by Crippen LogP contribution is -2.33. The molecular weight excluding hydrogens is 267 g/mol. The number of halogens is 1. The van der Waals surface area contributed by atoms with Crippen molar-refractivity contribution < 1.29 is 12.8 Å². The molecule has 0 aliphatic carbocycles. The van der Waals surface area contributed by atoms with Crippen LogP contribution in [0.15, 0.2) is 17.0 Å². The third kappa shape index (κ3) is 3.69. The number of hydrogen-bond acceptors (Lipinski definition) is 3. The topological polar surface area (TPSA) is 72.2 Å². The molecule has 1 rings (SSSR count). The van der Waals surface area contributed by atoms with Crippen LogP contribution in [0.5, 0.6) is 0 Å². The fourth-order valence-corrected chi connectivity index (χ4v) is 2.79. The highest BCUT2D eigenvalue weighted by atomic mass is 32.2. The molecule has 4 nitrogen and oxygen atoms in total. The molecule has 0 aliphatic heterocycles.